The lowest BCUT2D eigenvalue weighted by Gasteiger charge is -1.99. The van der Waals surface area contributed by atoms with Gasteiger partial charge in [0.1, 0.15) is 5.82 Å². The van der Waals surface area contributed by atoms with Crippen LogP contribution in [-0.4, -0.2) is 11.1 Å². The zero-order chi connectivity index (χ0) is 9.84. The third-order valence-corrected chi connectivity index (χ3v) is 1.56. The van der Waals surface area contributed by atoms with Crippen LogP contribution in [0.5, 0.6) is 0 Å². The van der Waals surface area contributed by atoms with Crippen LogP contribution in [0.15, 0.2) is 18.2 Å². The number of carboxylic acid groups (broad SMARTS) is 1. The molecule has 0 amide bonds. The number of benzene rings is 1. The molecule has 1 rings (SSSR count). The van der Waals surface area contributed by atoms with E-state index in [-0.39, 0.29) is 12.0 Å². The highest BCUT2D eigenvalue weighted by Gasteiger charge is 2.06. The van der Waals surface area contributed by atoms with Crippen LogP contribution in [0.1, 0.15) is 11.1 Å². The molecule has 0 aliphatic rings. The van der Waals surface area contributed by atoms with Gasteiger partial charge in [-0.3, -0.25) is 4.79 Å². The molecule has 0 fully saturated rings. The minimum atomic E-state index is -1.06. The first kappa shape index (κ1) is 9.27. The van der Waals surface area contributed by atoms with Gasteiger partial charge < -0.3 is 5.11 Å². The molecule has 0 saturated heterocycles. The van der Waals surface area contributed by atoms with E-state index in [0.29, 0.717) is 5.56 Å². The number of hydrogen-bond donors (Lipinski definition) is 1. The van der Waals surface area contributed by atoms with Crippen LogP contribution in [-0.2, 0) is 11.2 Å². The van der Waals surface area contributed by atoms with E-state index in [9.17, 15) is 9.18 Å². The summed E-state index contributed by atoms with van der Waals surface area (Å²) in [6, 6.07) is 4.05. The highest BCUT2D eigenvalue weighted by atomic mass is 19.1. The minimum absolute atomic E-state index is 0.145. The van der Waals surface area contributed by atoms with E-state index in [2.05, 4.69) is 5.92 Å². The first-order valence-electron chi connectivity index (χ1n) is 3.60. The van der Waals surface area contributed by atoms with Crippen LogP contribution in [0.25, 0.3) is 0 Å². The number of aliphatic carboxylic acids is 1. The Labute approximate surface area is 75.0 Å². The molecule has 0 spiro atoms. The Hall–Kier alpha value is -1.82. The molecule has 3 heteroatoms. The number of rotatable bonds is 2. The van der Waals surface area contributed by atoms with E-state index in [4.69, 9.17) is 11.5 Å². The largest absolute Gasteiger partial charge is 0.481 e. The van der Waals surface area contributed by atoms with Crippen molar-refractivity contribution in [2.45, 2.75) is 6.42 Å². The summed E-state index contributed by atoms with van der Waals surface area (Å²) in [5, 5.41) is 8.41. The van der Waals surface area contributed by atoms with Gasteiger partial charge >= 0.3 is 5.97 Å². The predicted octanol–water partition coefficient (Wildman–Crippen LogP) is 1.43. The van der Waals surface area contributed by atoms with E-state index in [0.717, 1.165) is 6.07 Å². The van der Waals surface area contributed by atoms with Crippen molar-refractivity contribution in [3.8, 4) is 12.3 Å². The van der Waals surface area contributed by atoms with Crippen molar-refractivity contribution in [3.05, 3.63) is 35.1 Å². The monoisotopic (exact) mass is 178 g/mol. The normalized spacial score (nSPS) is 9.23. The van der Waals surface area contributed by atoms with Crippen molar-refractivity contribution in [2.24, 2.45) is 0 Å². The molecule has 0 saturated carbocycles. The topological polar surface area (TPSA) is 37.3 Å². The molecule has 1 aromatic carbocycles. The molecule has 0 radical (unpaired) electrons. The van der Waals surface area contributed by atoms with Gasteiger partial charge in [-0.05, 0) is 17.7 Å². The van der Waals surface area contributed by atoms with Crippen molar-refractivity contribution >= 4 is 5.97 Å². The van der Waals surface area contributed by atoms with Gasteiger partial charge in [-0.15, -0.1) is 6.42 Å². The molecule has 0 heterocycles. The molecular weight excluding hydrogens is 171 g/mol. The Balaban J connectivity index is 3.00. The summed E-state index contributed by atoms with van der Waals surface area (Å²) in [5.74, 6) is 0.627. The van der Waals surface area contributed by atoms with Gasteiger partial charge in [0, 0.05) is 5.56 Å². The SMILES string of the molecule is C#Cc1ccc(CC(=O)O)c(F)c1. The number of hydrogen-bond acceptors (Lipinski definition) is 1. The van der Waals surface area contributed by atoms with E-state index in [1.54, 1.807) is 0 Å². The zero-order valence-corrected chi connectivity index (χ0v) is 6.75. The fraction of sp³-hybridized carbons (Fsp3) is 0.100. The third kappa shape index (κ3) is 2.31. The van der Waals surface area contributed by atoms with Crippen molar-refractivity contribution in [3.63, 3.8) is 0 Å². The van der Waals surface area contributed by atoms with Gasteiger partial charge in [-0.2, -0.15) is 0 Å². The first-order valence-corrected chi connectivity index (χ1v) is 3.60. The third-order valence-electron chi connectivity index (χ3n) is 1.56. The highest BCUT2D eigenvalue weighted by molar-refractivity contribution is 5.70. The van der Waals surface area contributed by atoms with Crippen molar-refractivity contribution < 1.29 is 14.3 Å². The Morgan fingerprint density at radius 1 is 1.62 bits per heavy atom. The summed E-state index contributed by atoms with van der Waals surface area (Å²) in [6.07, 6.45) is 4.71. The van der Waals surface area contributed by atoms with Gasteiger partial charge in [0.2, 0.25) is 0 Å². The van der Waals surface area contributed by atoms with E-state index in [1.165, 1.54) is 12.1 Å². The molecule has 0 aliphatic carbocycles. The van der Waals surface area contributed by atoms with Gasteiger partial charge in [-0.25, -0.2) is 4.39 Å². The predicted molar refractivity (Wildman–Crippen MR) is 45.7 cm³/mol. The van der Waals surface area contributed by atoms with Gasteiger partial charge in [0.05, 0.1) is 6.42 Å². The maximum Gasteiger partial charge on any atom is 0.307 e. The number of terminal acetylenes is 1. The van der Waals surface area contributed by atoms with Crippen LogP contribution in [0.2, 0.25) is 0 Å². The molecule has 0 aliphatic heterocycles. The Bertz CT molecular complexity index is 377. The second-order valence-electron chi connectivity index (χ2n) is 2.52. The Kier molecular flexibility index (Phi) is 2.65. The summed E-state index contributed by atoms with van der Waals surface area (Å²) in [4.78, 5) is 10.3. The Morgan fingerprint density at radius 2 is 2.31 bits per heavy atom. The molecule has 0 atom stereocenters. The van der Waals surface area contributed by atoms with Gasteiger partial charge in [-0.1, -0.05) is 12.0 Å². The van der Waals surface area contributed by atoms with Crippen LogP contribution in [0, 0.1) is 18.2 Å². The molecule has 66 valence electrons. The smallest absolute Gasteiger partial charge is 0.307 e. The molecule has 2 nitrogen and oxygen atoms in total. The summed E-state index contributed by atoms with van der Waals surface area (Å²) in [5.41, 5.74) is 0.554. The Morgan fingerprint density at radius 3 is 2.77 bits per heavy atom. The lowest BCUT2D eigenvalue weighted by atomic mass is 10.1. The van der Waals surface area contributed by atoms with E-state index < -0.39 is 11.8 Å². The molecular formula is C10H7FO2. The number of halogens is 1. The fourth-order valence-corrected chi connectivity index (χ4v) is 0.943. The standard InChI is InChI=1S/C10H7FO2/c1-2-7-3-4-8(6-10(12)13)9(11)5-7/h1,3-5H,6H2,(H,12,13). The van der Waals surface area contributed by atoms with Crippen LogP contribution in [0.3, 0.4) is 0 Å². The van der Waals surface area contributed by atoms with Crippen molar-refractivity contribution in [1.29, 1.82) is 0 Å². The lowest BCUT2D eigenvalue weighted by molar-refractivity contribution is -0.136. The maximum absolute atomic E-state index is 13.0. The van der Waals surface area contributed by atoms with Gasteiger partial charge in [0.15, 0.2) is 0 Å². The highest BCUT2D eigenvalue weighted by Crippen LogP contribution is 2.10. The summed E-state index contributed by atoms with van der Waals surface area (Å²) < 4.78 is 13.0. The molecule has 13 heavy (non-hydrogen) atoms. The second-order valence-corrected chi connectivity index (χ2v) is 2.52. The fourth-order valence-electron chi connectivity index (χ4n) is 0.943. The average molecular weight is 178 g/mol. The number of carbonyl (C=O) groups is 1. The van der Waals surface area contributed by atoms with E-state index in [1.807, 2.05) is 0 Å². The molecule has 1 aromatic rings. The lowest BCUT2D eigenvalue weighted by Crippen LogP contribution is -2.02. The minimum Gasteiger partial charge on any atom is -0.481 e. The first-order chi connectivity index (χ1) is 6.13. The molecule has 1 N–H and O–H groups in total. The molecule has 0 bridgehead atoms. The van der Waals surface area contributed by atoms with Gasteiger partial charge in [0.25, 0.3) is 0 Å². The number of carboxylic acids is 1. The van der Waals surface area contributed by atoms with Crippen LogP contribution < -0.4 is 0 Å². The second kappa shape index (κ2) is 3.72. The van der Waals surface area contributed by atoms with Crippen LogP contribution >= 0.6 is 0 Å². The quantitative estimate of drug-likeness (QED) is 0.695. The summed E-state index contributed by atoms with van der Waals surface area (Å²) in [6.45, 7) is 0. The summed E-state index contributed by atoms with van der Waals surface area (Å²) >= 11 is 0. The summed E-state index contributed by atoms with van der Waals surface area (Å²) in [7, 11) is 0. The molecule has 0 unspecified atom stereocenters. The molecule has 0 aromatic heterocycles. The van der Waals surface area contributed by atoms with Crippen molar-refractivity contribution in [2.75, 3.05) is 0 Å². The van der Waals surface area contributed by atoms with Crippen molar-refractivity contribution in [1.82, 2.24) is 0 Å². The average Bonchev–Trinajstić information content (AvgIpc) is 2.08. The van der Waals surface area contributed by atoms with Crippen LogP contribution in [0.4, 0.5) is 4.39 Å². The van der Waals surface area contributed by atoms with E-state index >= 15 is 0 Å². The zero-order valence-electron chi connectivity index (χ0n) is 6.75. The maximum atomic E-state index is 13.0.